The smallest absolute Gasteiger partial charge is 0.271 e. The van der Waals surface area contributed by atoms with E-state index in [4.69, 9.17) is 16.6 Å². The summed E-state index contributed by atoms with van der Waals surface area (Å²) in [5, 5.41) is 1.77. The van der Waals surface area contributed by atoms with E-state index in [1.54, 1.807) is 0 Å². The molecule has 0 saturated carbocycles. The van der Waals surface area contributed by atoms with E-state index in [0.717, 1.165) is 57.4 Å². The number of halogens is 1. The number of hydrogen-bond acceptors (Lipinski definition) is 3. The van der Waals surface area contributed by atoms with E-state index >= 15 is 0 Å². The largest absolute Gasteiger partial charge is 0.358 e. The summed E-state index contributed by atoms with van der Waals surface area (Å²) in [4.78, 5) is 23.3. The number of aromatic amines is 1. The van der Waals surface area contributed by atoms with Crippen molar-refractivity contribution in [2.24, 2.45) is 4.99 Å². The van der Waals surface area contributed by atoms with Gasteiger partial charge in [0.15, 0.2) is 4.80 Å². The minimum Gasteiger partial charge on any atom is -0.358 e. The topological polar surface area (TPSA) is 50.1 Å². The number of fused-ring (bicyclic) bond motifs is 4. The molecule has 36 heavy (non-hydrogen) atoms. The highest BCUT2D eigenvalue weighted by Crippen LogP contribution is 2.42. The molecule has 3 heterocycles. The Hall–Kier alpha value is -3.67. The summed E-state index contributed by atoms with van der Waals surface area (Å²) in [6.45, 7) is 2.05. The molecule has 5 aromatic rings. The fourth-order valence-electron chi connectivity index (χ4n) is 5.61. The van der Waals surface area contributed by atoms with Crippen LogP contribution >= 0.6 is 22.9 Å². The zero-order valence-electron chi connectivity index (χ0n) is 19.6. The summed E-state index contributed by atoms with van der Waals surface area (Å²) in [5.74, 6) is 0. The van der Waals surface area contributed by atoms with Crippen LogP contribution in [0.1, 0.15) is 40.4 Å². The van der Waals surface area contributed by atoms with Crippen molar-refractivity contribution >= 4 is 45.6 Å². The average Bonchev–Trinajstić information content (AvgIpc) is 3.39. The van der Waals surface area contributed by atoms with Crippen molar-refractivity contribution in [3.8, 4) is 0 Å². The average molecular weight is 508 g/mol. The molecule has 3 aromatic carbocycles. The molecule has 0 spiro atoms. The number of H-pyrrole nitrogens is 1. The number of nitrogens with one attached hydrogen (secondary N) is 1. The van der Waals surface area contributed by atoms with E-state index in [1.807, 2.05) is 54.0 Å². The number of para-hydroxylation sites is 1. The maximum absolute atomic E-state index is 14.0. The van der Waals surface area contributed by atoms with Gasteiger partial charge in [0.1, 0.15) is 0 Å². The SMILES string of the molecule is Cc1[nH]c2ccccc2c1/C=c1\sc2n(c1=O)[C@@H](c1ccccc1Cl)C1=C(N=2)c2ccccc2CC1. The van der Waals surface area contributed by atoms with Crippen LogP contribution < -0.4 is 14.9 Å². The van der Waals surface area contributed by atoms with Gasteiger partial charge in [0.2, 0.25) is 0 Å². The molecule has 176 valence electrons. The number of thiazole rings is 1. The Morgan fingerprint density at radius 1 is 1.03 bits per heavy atom. The maximum Gasteiger partial charge on any atom is 0.271 e. The van der Waals surface area contributed by atoms with Crippen molar-refractivity contribution < 1.29 is 0 Å². The van der Waals surface area contributed by atoms with E-state index in [2.05, 4.69) is 41.4 Å². The molecule has 4 nitrogen and oxygen atoms in total. The predicted octanol–water partition coefficient (Wildman–Crippen LogP) is 5.76. The minimum atomic E-state index is -0.274. The van der Waals surface area contributed by atoms with Crippen LogP contribution in [0.25, 0.3) is 22.7 Å². The first-order valence-electron chi connectivity index (χ1n) is 12.0. The van der Waals surface area contributed by atoms with Crippen molar-refractivity contribution in [1.29, 1.82) is 0 Å². The summed E-state index contributed by atoms with van der Waals surface area (Å²) in [5.41, 5.74) is 8.65. The molecule has 0 unspecified atom stereocenters. The molecule has 2 aliphatic rings. The number of aryl methyl sites for hydroxylation is 2. The van der Waals surface area contributed by atoms with E-state index < -0.39 is 0 Å². The number of hydrogen-bond donors (Lipinski definition) is 1. The van der Waals surface area contributed by atoms with Gasteiger partial charge >= 0.3 is 0 Å². The maximum atomic E-state index is 14.0. The summed E-state index contributed by atoms with van der Waals surface area (Å²) in [7, 11) is 0. The molecular formula is C30H22ClN3OS. The second-order valence-electron chi connectivity index (χ2n) is 9.34. The zero-order valence-corrected chi connectivity index (χ0v) is 21.2. The number of nitrogens with zero attached hydrogens (tertiary/aromatic N) is 2. The molecule has 0 amide bonds. The van der Waals surface area contributed by atoms with Gasteiger partial charge in [-0.2, -0.15) is 0 Å². The monoisotopic (exact) mass is 507 g/mol. The Bertz CT molecular complexity index is 1910. The second-order valence-corrected chi connectivity index (χ2v) is 10.8. The Labute approximate surface area is 216 Å². The Morgan fingerprint density at radius 2 is 1.81 bits per heavy atom. The third-order valence-electron chi connectivity index (χ3n) is 7.29. The highest BCUT2D eigenvalue weighted by molar-refractivity contribution is 7.07. The van der Waals surface area contributed by atoms with E-state index in [-0.39, 0.29) is 11.6 Å². The summed E-state index contributed by atoms with van der Waals surface area (Å²) >= 11 is 8.19. The van der Waals surface area contributed by atoms with Gasteiger partial charge in [-0.3, -0.25) is 9.36 Å². The first kappa shape index (κ1) is 21.6. The van der Waals surface area contributed by atoms with Gasteiger partial charge < -0.3 is 4.98 Å². The van der Waals surface area contributed by atoms with Gasteiger partial charge in [-0.25, -0.2) is 4.99 Å². The number of aromatic nitrogens is 2. The standard InChI is InChI=1S/C30H22ClN3OS/c1-17-23(20-10-5-7-13-25(20)32-17)16-26-29(35)34-28(21-11-4-6-12-24(21)31)22-15-14-18-8-2-3-9-19(18)27(22)33-30(34)36-26/h2-13,16,28,32H,14-15H2,1H3/b26-16-/t28-/m0/s1. The van der Waals surface area contributed by atoms with Crippen molar-refractivity contribution in [3.05, 3.63) is 131 Å². The van der Waals surface area contributed by atoms with Gasteiger partial charge in [-0.05, 0) is 54.7 Å². The van der Waals surface area contributed by atoms with Crippen LogP contribution in [0.3, 0.4) is 0 Å². The van der Waals surface area contributed by atoms with Gasteiger partial charge in [0, 0.05) is 32.7 Å². The summed E-state index contributed by atoms with van der Waals surface area (Å²) in [6.07, 6.45) is 3.78. The molecule has 1 N–H and O–H groups in total. The molecular weight excluding hydrogens is 486 g/mol. The van der Waals surface area contributed by atoms with Crippen LogP contribution in [0.5, 0.6) is 0 Å². The lowest BCUT2D eigenvalue weighted by atomic mass is 9.83. The highest BCUT2D eigenvalue weighted by atomic mass is 35.5. The first-order chi connectivity index (χ1) is 17.6. The predicted molar refractivity (Wildman–Crippen MR) is 147 cm³/mol. The molecule has 0 bridgehead atoms. The van der Waals surface area contributed by atoms with E-state index in [0.29, 0.717) is 14.4 Å². The number of rotatable bonds is 2. The molecule has 1 aliphatic carbocycles. The quantitative estimate of drug-likeness (QED) is 0.324. The van der Waals surface area contributed by atoms with Crippen molar-refractivity contribution in [2.75, 3.05) is 0 Å². The van der Waals surface area contributed by atoms with Crippen LogP contribution in [-0.4, -0.2) is 9.55 Å². The van der Waals surface area contributed by atoms with Gasteiger partial charge in [0.05, 0.1) is 16.3 Å². The zero-order chi connectivity index (χ0) is 24.4. The van der Waals surface area contributed by atoms with Crippen molar-refractivity contribution in [2.45, 2.75) is 25.8 Å². The van der Waals surface area contributed by atoms with Gasteiger partial charge in [0.25, 0.3) is 5.56 Å². The molecule has 1 aliphatic heterocycles. The molecule has 2 aromatic heterocycles. The fraction of sp³-hybridized carbons (Fsp3) is 0.133. The van der Waals surface area contributed by atoms with E-state index in [1.165, 1.54) is 16.9 Å². The van der Waals surface area contributed by atoms with Crippen LogP contribution in [0.15, 0.2) is 88.2 Å². The number of benzene rings is 3. The normalized spacial score (nSPS) is 17.1. The second kappa shape index (κ2) is 8.19. The lowest BCUT2D eigenvalue weighted by Gasteiger charge is -2.31. The van der Waals surface area contributed by atoms with Crippen LogP contribution in [0.4, 0.5) is 0 Å². The lowest BCUT2D eigenvalue weighted by molar-refractivity contribution is 0.585. The first-order valence-corrected chi connectivity index (χ1v) is 13.2. The third kappa shape index (κ3) is 3.20. The molecule has 6 heteroatoms. The third-order valence-corrected chi connectivity index (χ3v) is 8.62. The Morgan fingerprint density at radius 3 is 2.69 bits per heavy atom. The Balaban J connectivity index is 1.53. The molecule has 7 rings (SSSR count). The lowest BCUT2D eigenvalue weighted by Crippen LogP contribution is -2.38. The molecule has 1 atom stereocenters. The van der Waals surface area contributed by atoms with Gasteiger partial charge in [-0.15, -0.1) is 0 Å². The summed E-state index contributed by atoms with van der Waals surface area (Å²) < 4.78 is 2.53. The van der Waals surface area contributed by atoms with Crippen LogP contribution in [0, 0.1) is 6.92 Å². The number of allylic oxidation sites excluding steroid dienone is 1. The van der Waals surface area contributed by atoms with Crippen molar-refractivity contribution in [1.82, 2.24) is 9.55 Å². The van der Waals surface area contributed by atoms with E-state index in [9.17, 15) is 4.79 Å². The van der Waals surface area contributed by atoms with Crippen LogP contribution in [-0.2, 0) is 6.42 Å². The van der Waals surface area contributed by atoms with Crippen molar-refractivity contribution in [3.63, 3.8) is 0 Å². The highest BCUT2D eigenvalue weighted by Gasteiger charge is 2.33. The molecule has 0 fully saturated rings. The Kier molecular flexibility index (Phi) is 4.91. The van der Waals surface area contributed by atoms with Crippen LogP contribution in [0.2, 0.25) is 5.02 Å². The minimum absolute atomic E-state index is 0.0289. The fourth-order valence-corrected chi connectivity index (χ4v) is 6.83. The summed E-state index contributed by atoms with van der Waals surface area (Å²) in [6, 6.07) is 24.2. The molecule has 0 radical (unpaired) electrons. The van der Waals surface area contributed by atoms with Gasteiger partial charge in [-0.1, -0.05) is 83.6 Å². The molecule has 0 saturated heterocycles.